The van der Waals surface area contributed by atoms with E-state index in [9.17, 15) is 14.4 Å². The number of carbonyl (C=O) groups excluding carboxylic acids is 3. The third-order valence-electron chi connectivity index (χ3n) is 3.40. The van der Waals surface area contributed by atoms with Crippen LogP contribution in [0.25, 0.3) is 0 Å². The van der Waals surface area contributed by atoms with Gasteiger partial charge in [-0.05, 0) is 49.0 Å². The third kappa shape index (κ3) is 7.20. The minimum atomic E-state index is -0.420. The van der Waals surface area contributed by atoms with Crippen molar-refractivity contribution in [3.63, 3.8) is 0 Å². The molecule has 0 fully saturated rings. The Morgan fingerprint density at radius 1 is 1.07 bits per heavy atom. The summed E-state index contributed by atoms with van der Waals surface area (Å²) in [5.74, 6) is -1.00. The van der Waals surface area contributed by atoms with Crippen molar-refractivity contribution in [3.8, 4) is 0 Å². The highest BCUT2D eigenvalue weighted by molar-refractivity contribution is 7.80. The Hall–Kier alpha value is -3.20. The van der Waals surface area contributed by atoms with E-state index in [1.54, 1.807) is 36.4 Å². The maximum absolute atomic E-state index is 12.0. The van der Waals surface area contributed by atoms with Crippen LogP contribution in [0.15, 0.2) is 47.1 Å². The lowest BCUT2D eigenvalue weighted by atomic mass is 10.2. The summed E-state index contributed by atoms with van der Waals surface area (Å²) in [5, 5.41) is 8.12. The summed E-state index contributed by atoms with van der Waals surface area (Å²) >= 11 is 5.10. The van der Waals surface area contributed by atoms with Gasteiger partial charge in [-0.1, -0.05) is 13.0 Å². The molecule has 0 spiro atoms. The van der Waals surface area contributed by atoms with Crippen molar-refractivity contribution in [1.29, 1.82) is 0 Å². The molecule has 148 valence electrons. The lowest BCUT2D eigenvalue weighted by molar-refractivity contribution is -0.144. The number of benzene rings is 1. The second-order valence-corrected chi connectivity index (χ2v) is 6.14. The molecule has 1 heterocycles. The van der Waals surface area contributed by atoms with Crippen LogP contribution in [0, 0.1) is 0 Å². The van der Waals surface area contributed by atoms with Crippen molar-refractivity contribution >= 4 is 46.5 Å². The van der Waals surface area contributed by atoms with Gasteiger partial charge in [0.25, 0.3) is 5.91 Å². The summed E-state index contributed by atoms with van der Waals surface area (Å²) in [6.07, 6.45) is 2.11. The number of ether oxygens (including phenoxy) is 1. The Bertz CT molecular complexity index is 836. The first-order valence-electron chi connectivity index (χ1n) is 8.69. The van der Waals surface area contributed by atoms with Crippen molar-refractivity contribution in [2.24, 2.45) is 0 Å². The normalized spacial score (nSPS) is 10.0. The zero-order valence-corrected chi connectivity index (χ0v) is 16.1. The first-order chi connectivity index (χ1) is 13.5. The van der Waals surface area contributed by atoms with Gasteiger partial charge >= 0.3 is 5.97 Å². The van der Waals surface area contributed by atoms with E-state index in [1.807, 2.05) is 6.92 Å². The molecular weight excluding hydrogens is 382 g/mol. The SMILES string of the molecule is CCCOC(=O)CCC(=O)NC(=S)Nc1cccc(NC(=O)c2ccco2)c1. The van der Waals surface area contributed by atoms with Crippen LogP contribution in [0.5, 0.6) is 0 Å². The molecule has 9 heteroatoms. The number of hydrogen-bond acceptors (Lipinski definition) is 6. The molecule has 2 rings (SSSR count). The molecule has 3 N–H and O–H groups in total. The van der Waals surface area contributed by atoms with Gasteiger partial charge < -0.3 is 25.1 Å². The van der Waals surface area contributed by atoms with Crippen molar-refractivity contribution < 1.29 is 23.5 Å². The minimum absolute atomic E-state index is 0.0112. The van der Waals surface area contributed by atoms with E-state index in [0.29, 0.717) is 18.0 Å². The zero-order chi connectivity index (χ0) is 20.4. The van der Waals surface area contributed by atoms with Crippen LogP contribution in [0.4, 0.5) is 11.4 Å². The molecule has 2 amide bonds. The van der Waals surface area contributed by atoms with E-state index in [0.717, 1.165) is 6.42 Å². The van der Waals surface area contributed by atoms with Crippen LogP contribution in [0.3, 0.4) is 0 Å². The first kappa shape index (κ1) is 21.1. The number of amides is 2. The highest BCUT2D eigenvalue weighted by Gasteiger charge is 2.11. The van der Waals surface area contributed by atoms with Gasteiger partial charge in [-0.15, -0.1) is 0 Å². The predicted octanol–water partition coefficient (Wildman–Crippen LogP) is 3.08. The molecule has 0 aliphatic heterocycles. The number of thiocarbonyl (C=S) groups is 1. The first-order valence-corrected chi connectivity index (χ1v) is 9.10. The number of anilines is 2. The van der Waals surface area contributed by atoms with E-state index in [2.05, 4.69) is 16.0 Å². The van der Waals surface area contributed by atoms with Crippen molar-refractivity contribution in [1.82, 2.24) is 5.32 Å². The van der Waals surface area contributed by atoms with Crippen LogP contribution < -0.4 is 16.0 Å². The summed E-state index contributed by atoms with van der Waals surface area (Å²) in [7, 11) is 0. The van der Waals surface area contributed by atoms with Crippen LogP contribution in [0.2, 0.25) is 0 Å². The number of furan rings is 1. The standard InChI is InChI=1S/C19H21N3O5S/c1-2-10-27-17(24)9-8-16(23)22-19(28)21-14-6-3-5-13(12-14)20-18(25)15-7-4-11-26-15/h3-7,11-12H,2,8-10H2,1H3,(H,20,25)(H2,21,22,23,28). The molecule has 8 nitrogen and oxygen atoms in total. The molecule has 1 aromatic carbocycles. The Morgan fingerprint density at radius 2 is 1.82 bits per heavy atom. The van der Waals surface area contributed by atoms with Crippen molar-refractivity contribution in [2.75, 3.05) is 17.2 Å². The predicted molar refractivity (Wildman–Crippen MR) is 108 cm³/mol. The quantitative estimate of drug-likeness (QED) is 0.459. The fourth-order valence-corrected chi connectivity index (χ4v) is 2.36. The number of esters is 1. The monoisotopic (exact) mass is 403 g/mol. The fourth-order valence-electron chi connectivity index (χ4n) is 2.13. The Balaban J connectivity index is 1.81. The average molecular weight is 403 g/mol. The second-order valence-electron chi connectivity index (χ2n) is 5.74. The third-order valence-corrected chi connectivity index (χ3v) is 3.60. The summed E-state index contributed by atoms with van der Waals surface area (Å²) in [5.41, 5.74) is 1.10. The Kier molecular flexibility index (Phi) is 8.16. The summed E-state index contributed by atoms with van der Waals surface area (Å²) in [4.78, 5) is 35.3. The largest absolute Gasteiger partial charge is 0.466 e. The molecular formula is C19H21N3O5S. The van der Waals surface area contributed by atoms with Crippen molar-refractivity contribution in [2.45, 2.75) is 26.2 Å². The molecule has 0 unspecified atom stereocenters. The molecule has 1 aromatic heterocycles. The molecule has 0 aliphatic rings. The molecule has 0 aliphatic carbocycles. The maximum atomic E-state index is 12.0. The van der Waals surface area contributed by atoms with E-state index < -0.39 is 11.9 Å². The van der Waals surface area contributed by atoms with Gasteiger partial charge in [0.1, 0.15) is 0 Å². The summed E-state index contributed by atoms with van der Waals surface area (Å²) in [6, 6.07) is 9.98. The van der Waals surface area contributed by atoms with E-state index in [4.69, 9.17) is 21.4 Å². The molecule has 28 heavy (non-hydrogen) atoms. The number of hydrogen-bond donors (Lipinski definition) is 3. The molecule has 2 aromatic rings. The maximum Gasteiger partial charge on any atom is 0.306 e. The van der Waals surface area contributed by atoms with Gasteiger partial charge in [0.05, 0.1) is 19.3 Å². The van der Waals surface area contributed by atoms with E-state index in [1.165, 1.54) is 6.26 Å². The molecule has 0 bridgehead atoms. The van der Waals surface area contributed by atoms with Crippen LogP contribution >= 0.6 is 12.2 Å². The smallest absolute Gasteiger partial charge is 0.306 e. The Labute approximate surface area is 167 Å². The average Bonchev–Trinajstić information content (AvgIpc) is 3.19. The van der Waals surface area contributed by atoms with Gasteiger partial charge in [-0.2, -0.15) is 0 Å². The molecule has 0 saturated heterocycles. The Morgan fingerprint density at radius 3 is 2.50 bits per heavy atom. The van der Waals surface area contributed by atoms with Gasteiger partial charge in [0, 0.05) is 17.8 Å². The molecule has 0 saturated carbocycles. The highest BCUT2D eigenvalue weighted by Crippen LogP contribution is 2.16. The van der Waals surface area contributed by atoms with Crippen LogP contribution in [-0.4, -0.2) is 29.5 Å². The van der Waals surface area contributed by atoms with E-state index >= 15 is 0 Å². The van der Waals surface area contributed by atoms with Gasteiger partial charge in [0.15, 0.2) is 10.9 Å². The van der Waals surface area contributed by atoms with Crippen LogP contribution in [-0.2, 0) is 14.3 Å². The summed E-state index contributed by atoms with van der Waals surface area (Å²) in [6.45, 7) is 2.23. The highest BCUT2D eigenvalue weighted by atomic mass is 32.1. The zero-order valence-electron chi connectivity index (χ0n) is 15.3. The number of nitrogens with one attached hydrogen (secondary N) is 3. The second kappa shape index (κ2) is 10.8. The summed E-state index contributed by atoms with van der Waals surface area (Å²) < 4.78 is 9.94. The number of rotatable bonds is 8. The topological polar surface area (TPSA) is 110 Å². The lowest BCUT2D eigenvalue weighted by Crippen LogP contribution is -2.34. The molecule has 0 radical (unpaired) electrons. The van der Waals surface area contributed by atoms with Crippen LogP contribution in [0.1, 0.15) is 36.7 Å². The van der Waals surface area contributed by atoms with Gasteiger partial charge in [-0.3, -0.25) is 14.4 Å². The van der Waals surface area contributed by atoms with Crippen molar-refractivity contribution in [3.05, 3.63) is 48.4 Å². The van der Waals surface area contributed by atoms with Gasteiger partial charge in [-0.25, -0.2) is 0 Å². The molecule has 0 atom stereocenters. The lowest BCUT2D eigenvalue weighted by Gasteiger charge is -2.11. The number of carbonyl (C=O) groups is 3. The van der Waals surface area contributed by atoms with E-state index in [-0.39, 0.29) is 29.6 Å². The fraction of sp³-hybridized carbons (Fsp3) is 0.263. The minimum Gasteiger partial charge on any atom is -0.466 e. The van der Waals surface area contributed by atoms with Gasteiger partial charge in [0.2, 0.25) is 5.91 Å².